The number of anilines is 1. The van der Waals surface area contributed by atoms with Crippen molar-refractivity contribution >= 4 is 25.7 Å². The predicted molar refractivity (Wildman–Crippen MR) is 136 cm³/mol. The first kappa shape index (κ1) is 24.8. The Morgan fingerprint density at radius 1 is 1.00 bits per heavy atom. The molecule has 0 bridgehead atoms. The van der Waals surface area contributed by atoms with Crippen LogP contribution in [0.4, 0.5) is 5.95 Å². The summed E-state index contributed by atoms with van der Waals surface area (Å²) in [7, 11) is 1.39. The normalized spacial score (nSPS) is 17.3. The smallest absolute Gasteiger partial charge is 0.463 e. The molecule has 37 heavy (non-hydrogen) atoms. The molecule has 5 rings (SSSR count). The van der Waals surface area contributed by atoms with E-state index in [1.54, 1.807) is 67.3 Å². The molecule has 0 radical (unpaired) electrons. The number of nitrogens with two attached hydrogens (primary N) is 1. The number of nitrogens with one attached hydrogen (secondary N) is 1. The molecular weight excluding hydrogens is 501 g/mol. The van der Waals surface area contributed by atoms with Gasteiger partial charge in [0.05, 0.1) is 33.3 Å². The first-order valence-corrected chi connectivity index (χ1v) is 12.6. The molecule has 0 amide bonds. The van der Waals surface area contributed by atoms with Crippen LogP contribution in [0.5, 0.6) is 23.0 Å². The average Bonchev–Trinajstić information content (AvgIpc) is 3.55. The van der Waals surface area contributed by atoms with Crippen molar-refractivity contribution in [3.8, 4) is 23.0 Å². The lowest BCUT2D eigenvalue weighted by Crippen LogP contribution is -2.17. The number of imidazole rings is 1. The molecular formula is C24H26N5O7P. The second-order valence-electron chi connectivity index (χ2n) is 8.12. The monoisotopic (exact) mass is 527 g/mol. The van der Waals surface area contributed by atoms with Crippen molar-refractivity contribution in [3.63, 3.8) is 0 Å². The molecule has 2 atom stereocenters. The quantitative estimate of drug-likeness (QED) is 0.292. The zero-order valence-electron chi connectivity index (χ0n) is 20.2. The zero-order chi connectivity index (χ0) is 25.8. The summed E-state index contributed by atoms with van der Waals surface area (Å²) < 4.78 is 36.4. The molecule has 3 heterocycles. The highest BCUT2D eigenvalue weighted by atomic mass is 31.2. The van der Waals surface area contributed by atoms with E-state index in [1.807, 2.05) is 0 Å². The Hall–Kier alpha value is -3.86. The molecule has 13 heteroatoms. The molecule has 2 aromatic heterocycles. The number of fused-ring (bicyclic) bond motifs is 1. The van der Waals surface area contributed by atoms with Gasteiger partial charge in [-0.05, 0) is 61.4 Å². The zero-order valence-corrected chi connectivity index (χ0v) is 21.1. The van der Waals surface area contributed by atoms with E-state index in [4.69, 9.17) is 33.5 Å². The summed E-state index contributed by atoms with van der Waals surface area (Å²) in [4.78, 5) is 22.9. The molecule has 2 unspecified atom stereocenters. The Bertz CT molecular complexity index is 1340. The van der Waals surface area contributed by atoms with Gasteiger partial charge >= 0.3 is 8.60 Å². The maximum absolute atomic E-state index is 12.1. The third-order valence-electron chi connectivity index (χ3n) is 5.69. The van der Waals surface area contributed by atoms with E-state index >= 15 is 0 Å². The molecule has 1 aliphatic rings. The molecule has 0 spiro atoms. The van der Waals surface area contributed by atoms with Crippen LogP contribution >= 0.6 is 8.60 Å². The maximum Gasteiger partial charge on any atom is 0.463 e. The second kappa shape index (κ2) is 11.0. The van der Waals surface area contributed by atoms with E-state index in [0.717, 1.165) is 6.42 Å². The van der Waals surface area contributed by atoms with Gasteiger partial charge in [-0.2, -0.15) is 4.98 Å². The fourth-order valence-corrected chi connectivity index (χ4v) is 4.85. The lowest BCUT2D eigenvalue weighted by molar-refractivity contribution is -0.0170. The van der Waals surface area contributed by atoms with E-state index < -0.39 is 14.2 Å². The summed E-state index contributed by atoms with van der Waals surface area (Å²) in [5, 5.41) is 0. The number of methoxy groups -OCH3 is 2. The fourth-order valence-electron chi connectivity index (χ4n) is 3.83. The number of aromatic nitrogens is 4. The lowest BCUT2D eigenvalue weighted by atomic mass is 10.2. The van der Waals surface area contributed by atoms with Gasteiger partial charge in [-0.25, -0.2) is 4.98 Å². The minimum absolute atomic E-state index is 0.0223. The first-order valence-electron chi connectivity index (χ1n) is 11.5. The second-order valence-corrected chi connectivity index (χ2v) is 9.19. The third kappa shape index (κ3) is 5.77. The summed E-state index contributed by atoms with van der Waals surface area (Å²) in [6.45, 7) is 0.233. The van der Waals surface area contributed by atoms with Gasteiger partial charge in [-0.15, -0.1) is 0 Å². The van der Waals surface area contributed by atoms with E-state index in [1.165, 1.54) is 6.33 Å². The van der Waals surface area contributed by atoms with Gasteiger partial charge in [0.15, 0.2) is 11.2 Å². The molecule has 1 saturated heterocycles. The van der Waals surface area contributed by atoms with Gasteiger partial charge < -0.3 is 29.0 Å². The summed E-state index contributed by atoms with van der Waals surface area (Å²) in [6.07, 6.45) is 2.35. The van der Waals surface area contributed by atoms with Crippen molar-refractivity contribution in [3.05, 3.63) is 65.2 Å². The third-order valence-corrected chi connectivity index (χ3v) is 6.77. The topological polar surface area (TPSA) is 145 Å². The van der Waals surface area contributed by atoms with Crippen LogP contribution in [0.25, 0.3) is 11.2 Å². The van der Waals surface area contributed by atoms with Crippen LogP contribution in [0.1, 0.15) is 19.1 Å². The predicted octanol–water partition coefficient (Wildman–Crippen LogP) is 3.80. The number of benzene rings is 2. The molecule has 1 aliphatic heterocycles. The lowest BCUT2D eigenvalue weighted by Gasteiger charge is -2.20. The molecule has 3 N–H and O–H groups in total. The van der Waals surface area contributed by atoms with Crippen molar-refractivity contribution in [2.75, 3.05) is 26.6 Å². The molecule has 4 aromatic rings. The standard InChI is InChI=1S/C24H26N5O7P/c1-31-15-3-7-17(8-4-15)35-37(36-18-9-5-16(32-2)6-10-18)33-13-19-11-12-20(34-19)29-14-26-21-22(29)27-24(25)28-23(21)30/h3-10,14,19-20H,11-13H2,1-2H3,(H3,25,27,28,30). The van der Waals surface area contributed by atoms with Crippen molar-refractivity contribution in [1.82, 2.24) is 19.5 Å². The van der Waals surface area contributed by atoms with Crippen LogP contribution in [0.3, 0.4) is 0 Å². The van der Waals surface area contributed by atoms with Crippen LogP contribution < -0.4 is 29.8 Å². The number of hydrogen-bond acceptors (Lipinski definition) is 10. The number of H-pyrrole nitrogens is 1. The number of hydrogen-bond donors (Lipinski definition) is 2. The van der Waals surface area contributed by atoms with Crippen LogP contribution in [-0.4, -0.2) is 46.4 Å². The molecule has 1 fully saturated rings. The average molecular weight is 527 g/mol. The van der Waals surface area contributed by atoms with Crippen molar-refractivity contribution < 1.29 is 27.8 Å². The fraction of sp³-hybridized carbons (Fsp3) is 0.292. The molecule has 2 aromatic carbocycles. The number of ether oxygens (including phenoxy) is 3. The van der Waals surface area contributed by atoms with Gasteiger partial charge in [0.25, 0.3) is 5.56 Å². The van der Waals surface area contributed by atoms with E-state index in [9.17, 15) is 4.79 Å². The summed E-state index contributed by atoms with van der Waals surface area (Å²) in [6, 6.07) is 14.3. The first-order chi connectivity index (χ1) is 18.0. The van der Waals surface area contributed by atoms with E-state index in [0.29, 0.717) is 35.1 Å². The van der Waals surface area contributed by atoms with E-state index in [2.05, 4.69) is 15.0 Å². The van der Waals surface area contributed by atoms with Gasteiger partial charge in [-0.3, -0.25) is 18.9 Å². The highest BCUT2D eigenvalue weighted by molar-refractivity contribution is 7.42. The van der Waals surface area contributed by atoms with Gasteiger partial charge in [0.2, 0.25) is 5.95 Å². The Labute approximate surface area is 213 Å². The van der Waals surface area contributed by atoms with Gasteiger partial charge in [-0.1, -0.05) is 0 Å². The van der Waals surface area contributed by atoms with Crippen molar-refractivity contribution in [2.45, 2.75) is 25.2 Å². The van der Waals surface area contributed by atoms with Crippen LogP contribution in [0.2, 0.25) is 0 Å². The Morgan fingerprint density at radius 3 is 2.19 bits per heavy atom. The van der Waals surface area contributed by atoms with E-state index in [-0.39, 0.29) is 30.4 Å². The minimum atomic E-state index is -1.81. The summed E-state index contributed by atoms with van der Waals surface area (Å²) >= 11 is 0. The van der Waals surface area contributed by atoms with Crippen LogP contribution in [-0.2, 0) is 9.26 Å². The van der Waals surface area contributed by atoms with Crippen LogP contribution in [0, 0.1) is 0 Å². The van der Waals surface area contributed by atoms with Gasteiger partial charge in [0, 0.05) is 0 Å². The Balaban J connectivity index is 1.25. The number of nitrogens with zero attached hydrogens (tertiary/aromatic N) is 3. The Morgan fingerprint density at radius 2 is 1.59 bits per heavy atom. The highest BCUT2D eigenvalue weighted by Gasteiger charge is 2.30. The van der Waals surface area contributed by atoms with Crippen molar-refractivity contribution in [1.29, 1.82) is 0 Å². The molecule has 12 nitrogen and oxygen atoms in total. The number of nitrogen functional groups attached to an aromatic ring is 1. The molecule has 0 saturated carbocycles. The highest BCUT2D eigenvalue weighted by Crippen LogP contribution is 2.43. The molecule has 194 valence electrons. The maximum atomic E-state index is 12.1. The minimum Gasteiger partial charge on any atom is -0.497 e. The summed E-state index contributed by atoms with van der Waals surface area (Å²) in [5.74, 6) is 2.59. The SMILES string of the molecule is COc1ccc(OP(OCC2CCC(n3cnc4c(=O)[nH]c(N)nc43)O2)Oc2ccc(OC)cc2)cc1. The van der Waals surface area contributed by atoms with Crippen LogP contribution in [0.15, 0.2) is 59.7 Å². The van der Waals surface area contributed by atoms with Gasteiger partial charge in [0.1, 0.15) is 29.2 Å². The number of aromatic amines is 1. The Kier molecular flexibility index (Phi) is 7.40. The molecule has 0 aliphatic carbocycles. The largest absolute Gasteiger partial charge is 0.497 e. The summed E-state index contributed by atoms with van der Waals surface area (Å²) in [5.41, 5.74) is 5.90. The number of rotatable bonds is 10. The van der Waals surface area contributed by atoms with Crippen molar-refractivity contribution in [2.24, 2.45) is 0 Å².